The average Bonchev–Trinajstić information content (AvgIpc) is 3.28. The van der Waals surface area contributed by atoms with Crippen molar-refractivity contribution in [2.24, 2.45) is 16.2 Å². The Balaban J connectivity index is 0.000000649. The first-order valence-electron chi connectivity index (χ1n) is 17.3. The highest BCUT2D eigenvalue weighted by molar-refractivity contribution is 8.00. The van der Waals surface area contributed by atoms with E-state index in [1.165, 1.54) is 40.1 Å². The molecule has 0 amide bonds. The molecule has 1 atom stereocenters. The SMILES string of the molecule is C.C.CC1(C)C#CC(C)(C)CSC1.CC1(C)C#Cc2ccccc2SC1.FC1(F)C#Cc2ccccc2SCC1.OC1C#CCCCSC1.[3H]C[3H]. The van der Waals surface area contributed by atoms with E-state index in [4.69, 9.17) is 7.85 Å². The first-order valence-corrected chi connectivity index (χ1v) is 20.2. The van der Waals surface area contributed by atoms with Crippen molar-refractivity contribution < 1.29 is 16.6 Å². The molecular formula is C43H58F2OS4. The lowest BCUT2D eigenvalue weighted by atomic mass is 9.92. The molecule has 4 aliphatic rings. The van der Waals surface area contributed by atoms with Gasteiger partial charge in [0.15, 0.2) is 0 Å². The van der Waals surface area contributed by atoms with E-state index in [-0.39, 0.29) is 51.0 Å². The molecule has 0 bridgehead atoms. The van der Waals surface area contributed by atoms with Gasteiger partial charge in [-0.25, -0.2) is 0 Å². The molecule has 4 aliphatic heterocycles. The molecule has 0 saturated carbocycles. The number of hydrogen-bond donors (Lipinski definition) is 1. The van der Waals surface area contributed by atoms with Gasteiger partial charge < -0.3 is 5.11 Å². The van der Waals surface area contributed by atoms with Crippen LogP contribution < -0.4 is 0 Å². The maximum atomic E-state index is 13.0. The quantitative estimate of drug-likeness (QED) is 0.269. The van der Waals surface area contributed by atoms with E-state index in [2.05, 4.69) is 101 Å². The normalized spacial score (nSPS) is 21.0. The fourth-order valence-electron chi connectivity index (χ4n) is 4.09. The van der Waals surface area contributed by atoms with Crippen LogP contribution in [-0.2, 0) is 0 Å². The van der Waals surface area contributed by atoms with E-state index in [1.807, 2.05) is 53.7 Å². The van der Waals surface area contributed by atoms with Gasteiger partial charge in [0.25, 0.3) is 0 Å². The fraction of sp³-hybridized carbons (Fsp3) is 0.535. The highest BCUT2D eigenvalue weighted by atomic mass is 32.2. The van der Waals surface area contributed by atoms with Crippen LogP contribution in [0.25, 0.3) is 0 Å². The summed E-state index contributed by atoms with van der Waals surface area (Å²) in [6.45, 7) is 13.3. The number of benzene rings is 2. The summed E-state index contributed by atoms with van der Waals surface area (Å²) in [6.07, 6.45) is 1.57. The number of alkyl halides is 2. The van der Waals surface area contributed by atoms with Crippen molar-refractivity contribution >= 4 is 47.0 Å². The van der Waals surface area contributed by atoms with Crippen molar-refractivity contribution in [1.29, 1.82) is 0 Å². The van der Waals surface area contributed by atoms with Crippen LogP contribution in [-0.4, -0.2) is 51.7 Å². The van der Waals surface area contributed by atoms with Crippen LogP contribution in [0.4, 0.5) is 8.78 Å². The summed E-state index contributed by atoms with van der Waals surface area (Å²) in [5.41, 5.74) is 2.47. The van der Waals surface area contributed by atoms with Crippen molar-refractivity contribution in [2.45, 2.75) is 105 Å². The summed E-state index contributed by atoms with van der Waals surface area (Å²) in [7, 11) is -0.250. The van der Waals surface area contributed by atoms with Crippen LogP contribution in [0.5, 0.6) is 0 Å². The molecule has 7 heteroatoms. The van der Waals surface area contributed by atoms with Crippen LogP contribution in [0.1, 0.15) is 96.9 Å². The Labute approximate surface area is 324 Å². The third kappa shape index (κ3) is 18.9. The lowest BCUT2D eigenvalue weighted by molar-refractivity contribution is 0.0636. The van der Waals surface area contributed by atoms with E-state index in [0.29, 0.717) is 11.3 Å². The third-order valence-electron chi connectivity index (χ3n) is 6.75. The van der Waals surface area contributed by atoms with Crippen LogP contribution in [0.3, 0.4) is 0 Å². The first-order chi connectivity index (χ1) is 23.6. The summed E-state index contributed by atoms with van der Waals surface area (Å²) in [6, 6.07) is 15.8. The molecule has 0 spiro atoms. The van der Waals surface area contributed by atoms with Gasteiger partial charge in [0, 0.05) is 81.5 Å². The monoisotopic (exact) mass is 760 g/mol. The van der Waals surface area contributed by atoms with E-state index in [1.54, 1.807) is 17.8 Å². The number of aliphatic hydroxyl groups excluding tert-OH is 1. The summed E-state index contributed by atoms with van der Waals surface area (Å²) < 4.78 is 37.7. The lowest BCUT2D eigenvalue weighted by Crippen LogP contribution is -2.14. The summed E-state index contributed by atoms with van der Waals surface area (Å²) in [5.74, 6) is 26.4. The highest BCUT2D eigenvalue weighted by Gasteiger charge is 2.26. The van der Waals surface area contributed by atoms with Gasteiger partial charge in [0.05, 0.1) is 0 Å². The predicted molar refractivity (Wildman–Crippen MR) is 225 cm³/mol. The Hall–Kier alpha value is -2.10. The number of thioether (sulfide) groups is 4. The molecule has 6 rings (SSSR count). The maximum Gasteiger partial charge on any atom is 0.309 e. The van der Waals surface area contributed by atoms with Crippen molar-refractivity contribution in [2.75, 3.05) is 34.5 Å². The Morgan fingerprint density at radius 2 is 1.24 bits per heavy atom. The Morgan fingerprint density at radius 3 is 1.84 bits per heavy atom. The smallest absolute Gasteiger partial charge is 0.309 e. The number of halogens is 2. The molecule has 0 aromatic heterocycles. The number of rotatable bonds is 0. The summed E-state index contributed by atoms with van der Waals surface area (Å²) in [4.78, 5) is 2.32. The molecule has 50 heavy (non-hydrogen) atoms. The molecule has 2 aromatic rings. The molecule has 0 saturated heterocycles. The molecule has 1 nitrogen and oxygen atoms in total. The van der Waals surface area contributed by atoms with Crippen molar-refractivity contribution in [3.8, 4) is 47.4 Å². The zero-order valence-electron chi connectivity index (χ0n) is 31.1. The maximum absolute atomic E-state index is 13.0. The molecule has 274 valence electrons. The standard InChI is InChI=1S/C12H12S.C11H8F2S.C10H16S.C7H10OS.3CH4/c1-12(2)8-7-10-5-3-4-6-11(10)13-9-12;12-11(13)6-5-9-3-1-2-4-10(9)14-8-7-11;1-9(2)5-6-10(3,4)8-11-7-9;8-7-4-2-1-3-5-9-6-7;;;/h3-6H,9H2,1-2H3;1-4H,7-8H2;7-8H2,1-4H3;7-8H,1,3,5-6H2;3*1H4/i;;;;1T2;;. The van der Waals surface area contributed by atoms with Crippen LogP contribution in [0, 0.1) is 63.6 Å². The van der Waals surface area contributed by atoms with Crippen LogP contribution >= 0.6 is 47.0 Å². The third-order valence-corrected chi connectivity index (χ3v) is 12.3. The van der Waals surface area contributed by atoms with Gasteiger partial charge in [-0.15, -0.1) is 29.4 Å². The van der Waals surface area contributed by atoms with Gasteiger partial charge in [0.2, 0.25) is 0 Å². The van der Waals surface area contributed by atoms with Gasteiger partial charge in [-0.1, -0.05) is 82.0 Å². The van der Waals surface area contributed by atoms with Gasteiger partial charge in [-0.3, -0.25) is 0 Å². The average molecular weight is 761 g/mol. The van der Waals surface area contributed by atoms with Gasteiger partial charge in [-0.05, 0) is 83.9 Å². The minimum absolute atomic E-state index is 0. The molecule has 0 radical (unpaired) electrons. The molecule has 2 aromatic carbocycles. The van der Waals surface area contributed by atoms with E-state index in [0.717, 1.165) is 28.6 Å². The largest absolute Gasteiger partial charge is 0.380 e. The van der Waals surface area contributed by atoms with Gasteiger partial charge in [0.1, 0.15) is 6.10 Å². The topological polar surface area (TPSA) is 20.2 Å². The number of fused-ring (bicyclic) bond motifs is 2. The van der Waals surface area contributed by atoms with Gasteiger partial charge in [-0.2, -0.15) is 32.3 Å². The Morgan fingerprint density at radius 1 is 0.720 bits per heavy atom. The predicted octanol–water partition coefficient (Wildman–Crippen LogP) is 11.9. The van der Waals surface area contributed by atoms with Crippen LogP contribution in [0.2, 0.25) is 0 Å². The minimum atomic E-state index is -2.83. The molecule has 0 aliphatic carbocycles. The second-order valence-electron chi connectivity index (χ2n) is 13.5. The molecule has 0 fully saturated rings. The fourth-order valence-corrected chi connectivity index (χ4v) is 8.25. The Bertz CT molecular complexity index is 1590. The summed E-state index contributed by atoms with van der Waals surface area (Å²) in [5, 5.41) is 9.02. The van der Waals surface area contributed by atoms with E-state index in [9.17, 15) is 8.78 Å². The first kappa shape index (κ1) is 44.1. The summed E-state index contributed by atoms with van der Waals surface area (Å²) >= 11 is 7.12. The second kappa shape index (κ2) is 22.8. The molecule has 1 unspecified atom stereocenters. The van der Waals surface area contributed by atoms with Crippen LogP contribution in [0.15, 0.2) is 58.3 Å². The molecule has 1 N–H and O–H groups in total. The van der Waals surface area contributed by atoms with E-state index < -0.39 is 5.92 Å². The highest BCUT2D eigenvalue weighted by Crippen LogP contribution is 2.33. The van der Waals surface area contributed by atoms with Crippen molar-refractivity contribution in [3.63, 3.8) is 0 Å². The van der Waals surface area contributed by atoms with Gasteiger partial charge >= 0.3 is 5.92 Å². The second-order valence-corrected chi connectivity index (χ2v) is 17.8. The van der Waals surface area contributed by atoms with E-state index >= 15 is 0 Å². The number of aliphatic hydroxyl groups is 1. The zero-order valence-corrected chi connectivity index (χ0v) is 32.4. The lowest BCUT2D eigenvalue weighted by Gasteiger charge is -2.15. The van der Waals surface area contributed by atoms with Crippen molar-refractivity contribution in [1.82, 2.24) is 0 Å². The van der Waals surface area contributed by atoms with Crippen molar-refractivity contribution in [3.05, 3.63) is 59.7 Å². The minimum Gasteiger partial charge on any atom is -0.380 e. The molecule has 4 heterocycles. The zero-order chi connectivity index (χ0) is 37.1. The number of hydrogen-bond acceptors (Lipinski definition) is 5. The molecular weight excluding hydrogens is 699 g/mol. The Kier molecular flexibility index (Phi) is 20.1.